The molecule has 1 rings (SSSR count). The Morgan fingerprint density at radius 2 is 2.36 bits per heavy atom. The summed E-state index contributed by atoms with van der Waals surface area (Å²) in [5.41, 5.74) is 0.0879. The smallest absolute Gasteiger partial charge is 0.407 e. The van der Waals surface area contributed by atoms with E-state index in [1.165, 1.54) is 7.11 Å². The summed E-state index contributed by atoms with van der Waals surface area (Å²) in [6.07, 6.45) is 3.55. The molecule has 1 heterocycles. The van der Waals surface area contributed by atoms with Crippen molar-refractivity contribution in [1.29, 1.82) is 0 Å². The van der Waals surface area contributed by atoms with Crippen molar-refractivity contribution in [2.24, 2.45) is 0 Å². The average Bonchev–Trinajstić information content (AvgIpc) is 2.18. The summed E-state index contributed by atoms with van der Waals surface area (Å²) in [4.78, 5) is 18.6. The van der Waals surface area contributed by atoms with Gasteiger partial charge in [-0.25, -0.2) is 14.8 Å². The van der Waals surface area contributed by atoms with Gasteiger partial charge in [-0.05, 0) is 19.9 Å². The predicted molar refractivity (Wildman–Crippen MR) is 49.4 cm³/mol. The number of amides is 1. The number of hydrogen-bond acceptors (Lipinski definition) is 4. The number of aromatic nitrogens is 2. The normalized spacial score (nSPS) is 10.8. The van der Waals surface area contributed by atoms with Crippen molar-refractivity contribution in [3.05, 3.63) is 24.3 Å². The van der Waals surface area contributed by atoms with Crippen molar-refractivity contribution in [3.63, 3.8) is 0 Å². The fourth-order valence-corrected chi connectivity index (χ4v) is 0.980. The monoisotopic (exact) mass is 194 g/mol. The summed E-state index contributed by atoms with van der Waals surface area (Å²) in [6.45, 7) is 3.64. The molecule has 0 saturated heterocycles. The lowest BCUT2D eigenvalue weighted by Gasteiger charge is -2.24. The highest BCUT2D eigenvalue weighted by Crippen LogP contribution is 2.16. The van der Waals surface area contributed by atoms with Crippen molar-refractivity contribution in [2.45, 2.75) is 19.4 Å². The van der Waals surface area contributed by atoms with Gasteiger partial charge in [-0.1, -0.05) is 0 Å². The lowest BCUT2D eigenvalue weighted by atomic mass is 10.0. The largest absolute Gasteiger partial charge is 0.453 e. The van der Waals surface area contributed by atoms with Crippen LogP contribution < -0.4 is 5.32 Å². The van der Waals surface area contributed by atoms with E-state index in [4.69, 9.17) is 0 Å². The van der Waals surface area contributed by atoms with E-state index >= 15 is 0 Å². The number of ether oxygens (including phenoxy) is 1. The van der Waals surface area contributed by atoms with E-state index < -0.39 is 11.6 Å². The molecule has 1 N–H and O–H groups in total. The number of methoxy groups -OCH3 is 1. The molecule has 75 valence electrons. The SMILES string of the molecule is COC(=O)NC(C)(C)c1ccn[c]n1. The second-order valence-corrected chi connectivity index (χ2v) is 3.28. The standard InChI is InChI=1S/C9H12N3O2/c1-9(2,12-8(13)14-3)7-4-5-10-6-11-7/h4-5H,1-3H3,(H,12,13). The van der Waals surface area contributed by atoms with E-state index in [1.807, 2.05) is 13.8 Å². The lowest BCUT2D eigenvalue weighted by molar-refractivity contribution is 0.159. The summed E-state index contributed by atoms with van der Waals surface area (Å²) in [5.74, 6) is 0. The molecular formula is C9H12N3O2. The zero-order valence-electron chi connectivity index (χ0n) is 8.37. The summed E-state index contributed by atoms with van der Waals surface area (Å²) >= 11 is 0. The molecule has 14 heavy (non-hydrogen) atoms. The molecule has 5 heteroatoms. The van der Waals surface area contributed by atoms with Crippen LogP contribution in [-0.2, 0) is 10.3 Å². The van der Waals surface area contributed by atoms with Crippen LogP contribution in [-0.4, -0.2) is 23.2 Å². The molecule has 1 radical (unpaired) electrons. The number of nitrogens with zero attached hydrogens (tertiary/aromatic N) is 2. The lowest BCUT2D eigenvalue weighted by Crippen LogP contribution is -2.41. The van der Waals surface area contributed by atoms with Gasteiger partial charge in [0.15, 0.2) is 6.33 Å². The van der Waals surface area contributed by atoms with E-state index in [1.54, 1.807) is 12.3 Å². The maximum absolute atomic E-state index is 11.0. The highest BCUT2D eigenvalue weighted by Gasteiger charge is 2.24. The Morgan fingerprint density at radius 3 is 2.86 bits per heavy atom. The van der Waals surface area contributed by atoms with Gasteiger partial charge in [0.1, 0.15) is 0 Å². The fourth-order valence-electron chi connectivity index (χ4n) is 0.980. The highest BCUT2D eigenvalue weighted by atomic mass is 16.5. The van der Waals surface area contributed by atoms with Gasteiger partial charge in [0, 0.05) is 6.20 Å². The van der Waals surface area contributed by atoms with Gasteiger partial charge in [0.05, 0.1) is 18.3 Å². The summed E-state index contributed by atoms with van der Waals surface area (Å²) < 4.78 is 4.50. The molecule has 1 aromatic rings. The van der Waals surface area contributed by atoms with Crippen molar-refractivity contribution in [2.75, 3.05) is 7.11 Å². The topological polar surface area (TPSA) is 64.1 Å². The average molecular weight is 194 g/mol. The van der Waals surface area contributed by atoms with E-state index in [0.717, 1.165) is 0 Å². The Labute approximate surface area is 82.5 Å². The number of carbonyl (C=O) groups is 1. The van der Waals surface area contributed by atoms with E-state index in [9.17, 15) is 4.79 Å². The maximum Gasteiger partial charge on any atom is 0.407 e. The Kier molecular flexibility index (Phi) is 3.01. The highest BCUT2D eigenvalue weighted by molar-refractivity contribution is 5.68. The molecule has 0 atom stereocenters. The van der Waals surface area contributed by atoms with Crippen molar-refractivity contribution in [1.82, 2.24) is 15.3 Å². The molecule has 0 aromatic carbocycles. The maximum atomic E-state index is 11.0. The van der Waals surface area contributed by atoms with Crippen LogP contribution in [0, 0.1) is 6.33 Å². The zero-order chi connectivity index (χ0) is 10.6. The van der Waals surface area contributed by atoms with Crippen LogP contribution in [0.15, 0.2) is 12.3 Å². The van der Waals surface area contributed by atoms with Crippen LogP contribution in [0.3, 0.4) is 0 Å². The molecular weight excluding hydrogens is 182 g/mol. The predicted octanol–water partition coefficient (Wildman–Crippen LogP) is 0.868. The number of nitrogens with one attached hydrogen (secondary N) is 1. The molecule has 1 aromatic heterocycles. The van der Waals surface area contributed by atoms with Crippen LogP contribution in [0.4, 0.5) is 4.79 Å². The number of carbonyl (C=O) groups excluding carboxylic acids is 1. The molecule has 5 nitrogen and oxygen atoms in total. The third-order valence-electron chi connectivity index (χ3n) is 1.78. The molecule has 0 saturated carbocycles. The second-order valence-electron chi connectivity index (χ2n) is 3.28. The first kappa shape index (κ1) is 10.4. The summed E-state index contributed by atoms with van der Waals surface area (Å²) in [6, 6.07) is 1.71. The van der Waals surface area contributed by atoms with E-state index in [2.05, 4.69) is 26.3 Å². The van der Waals surface area contributed by atoms with Crippen molar-refractivity contribution in [3.8, 4) is 0 Å². The molecule has 0 aliphatic heterocycles. The number of alkyl carbamates (subject to hydrolysis) is 1. The van der Waals surface area contributed by atoms with Gasteiger partial charge >= 0.3 is 6.09 Å². The minimum atomic E-state index is -0.591. The van der Waals surface area contributed by atoms with Crippen LogP contribution in [0.2, 0.25) is 0 Å². The van der Waals surface area contributed by atoms with E-state index in [-0.39, 0.29) is 0 Å². The molecule has 0 unspecified atom stereocenters. The van der Waals surface area contributed by atoms with Crippen molar-refractivity contribution >= 4 is 6.09 Å². The fraction of sp³-hybridized carbons (Fsp3) is 0.444. The molecule has 0 fully saturated rings. The molecule has 0 aliphatic carbocycles. The van der Waals surface area contributed by atoms with Crippen LogP contribution >= 0.6 is 0 Å². The summed E-state index contributed by atoms with van der Waals surface area (Å²) in [7, 11) is 1.32. The quantitative estimate of drug-likeness (QED) is 0.758. The molecule has 1 amide bonds. The Hall–Kier alpha value is -1.65. The van der Waals surface area contributed by atoms with Crippen LogP contribution in [0.5, 0.6) is 0 Å². The Bertz CT molecular complexity index is 311. The van der Waals surface area contributed by atoms with Crippen molar-refractivity contribution < 1.29 is 9.53 Å². The third-order valence-corrected chi connectivity index (χ3v) is 1.78. The first-order valence-corrected chi connectivity index (χ1v) is 4.12. The molecule has 0 bridgehead atoms. The molecule has 0 aliphatic rings. The van der Waals surface area contributed by atoms with Gasteiger partial charge in [-0.15, -0.1) is 0 Å². The van der Waals surface area contributed by atoms with Gasteiger partial charge in [-0.3, -0.25) is 0 Å². The Balaban J connectivity index is 2.80. The molecule has 0 spiro atoms. The first-order valence-electron chi connectivity index (χ1n) is 4.12. The summed E-state index contributed by atoms with van der Waals surface area (Å²) in [5, 5.41) is 2.65. The van der Waals surface area contributed by atoms with Gasteiger partial charge in [-0.2, -0.15) is 0 Å². The van der Waals surface area contributed by atoms with Gasteiger partial charge < -0.3 is 10.1 Å². The first-order chi connectivity index (χ1) is 6.56. The number of rotatable bonds is 2. The van der Waals surface area contributed by atoms with Gasteiger partial charge in [0.25, 0.3) is 0 Å². The van der Waals surface area contributed by atoms with E-state index in [0.29, 0.717) is 5.69 Å². The zero-order valence-corrected chi connectivity index (χ0v) is 8.37. The minimum Gasteiger partial charge on any atom is -0.453 e. The van der Waals surface area contributed by atoms with Crippen LogP contribution in [0.25, 0.3) is 0 Å². The minimum absolute atomic E-state index is 0.492. The Morgan fingerprint density at radius 1 is 1.64 bits per heavy atom. The van der Waals surface area contributed by atoms with Gasteiger partial charge in [0.2, 0.25) is 0 Å². The third kappa shape index (κ3) is 2.42. The second kappa shape index (κ2) is 4.04. The number of hydrogen-bond donors (Lipinski definition) is 1. The van der Waals surface area contributed by atoms with Crippen LogP contribution in [0.1, 0.15) is 19.5 Å².